The standard InChI is InChI=1S/C14H23N3O/c1-11(2)15-8-13-9-17-14(10-16-13)18-7-6-12-4-3-5-12/h9-12,15H,3-8H2,1-2H3. The summed E-state index contributed by atoms with van der Waals surface area (Å²) in [7, 11) is 0. The van der Waals surface area contributed by atoms with E-state index in [1.165, 1.54) is 19.3 Å². The van der Waals surface area contributed by atoms with Crippen LogP contribution >= 0.6 is 0 Å². The fourth-order valence-corrected chi connectivity index (χ4v) is 1.93. The molecule has 0 unspecified atom stereocenters. The van der Waals surface area contributed by atoms with Gasteiger partial charge in [0.2, 0.25) is 5.88 Å². The highest BCUT2D eigenvalue weighted by Crippen LogP contribution is 2.29. The number of hydrogen-bond donors (Lipinski definition) is 1. The molecule has 0 saturated heterocycles. The topological polar surface area (TPSA) is 47.0 Å². The van der Waals surface area contributed by atoms with E-state index in [0.29, 0.717) is 11.9 Å². The van der Waals surface area contributed by atoms with Crippen molar-refractivity contribution in [3.8, 4) is 5.88 Å². The predicted octanol–water partition coefficient (Wildman–Crippen LogP) is 2.54. The van der Waals surface area contributed by atoms with Crippen molar-refractivity contribution in [1.82, 2.24) is 15.3 Å². The Morgan fingerprint density at radius 3 is 2.72 bits per heavy atom. The highest BCUT2D eigenvalue weighted by molar-refractivity contribution is 5.07. The maximum Gasteiger partial charge on any atom is 0.232 e. The molecule has 0 atom stereocenters. The molecule has 4 heteroatoms. The molecule has 4 nitrogen and oxygen atoms in total. The second-order valence-corrected chi connectivity index (χ2v) is 5.32. The van der Waals surface area contributed by atoms with Gasteiger partial charge in [0.05, 0.1) is 24.7 Å². The Kier molecular flexibility index (Phi) is 4.93. The highest BCUT2D eigenvalue weighted by Gasteiger charge is 2.16. The Balaban J connectivity index is 1.69. The van der Waals surface area contributed by atoms with Gasteiger partial charge in [-0.2, -0.15) is 0 Å². The van der Waals surface area contributed by atoms with E-state index >= 15 is 0 Å². The van der Waals surface area contributed by atoms with Crippen molar-refractivity contribution in [2.24, 2.45) is 5.92 Å². The average Bonchev–Trinajstić information content (AvgIpc) is 2.31. The summed E-state index contributed by atoms with van der Waals surface area (Å²) in [6, 6.07) is 0.463. The van der Waals surface area contributed by atoms with Crippen LogP contribution in [-0.4, -0.2) is 22.6 Å². The van der Waals surface area contributed by atoms with Gasteiger partial charge in [0.1, 0.15) is 0 Å². The summed E-state index contributed by atoms with van der Waals surface area (Å²) in [5.74, 6) is 1.52. The lowest BCUT2D eigenvalue weighted by molar-refractivity contribution is 0.216. The lowest BCUT2D eigenvalue weighted by atomic mass is 9.83. The molecule has 1 aromatic rings. The number of rotatable bonds is 7. The molecule has 18 heavy (non-hydrogen) atoms. The molecule has 0 bridgehead atoms. The van der Waals surface area contributed by atoms with E-state index in [4.69, 9.17) is 4.74 Å². The maximum absolute atomic E-state index is 5.60. The van der Waals surface area contributed by atoms with Crippen molar-refractivity contribution in [2.45, 2.75) is 52.1 Å². The van der Waals surface area contributed by atoms with E-state index in [-0.39, 0.29) is 0 Å². The third-order valence-corrected chi connectivity index (χ3v) is 3.37. The summed E-state index contributed by atoms with van der Waals surface area (Å²) in [4.78, 5) is 8.61. The van der Waals surface area contributed by atoms with Crippen molar-refractivity contribution in [2.75, 3.05) is 6.61 Å². The van der Waals surface area contributed by atoms with Crippen LogP contribution in [0.4, 0.5) is 0 Å². The van der Waals surface area contributed by atoms with Crippen LogP contribution in [0.5, 0.6) is 5.88 Å². The number of hydrogen-bond acceptors (Lipinski definition) is 4. The monoisotopic (exact) mass is 249 g/mol. The van der Waals surface area contributed by atoms with Crippen molar-refractivity contribution in [1.29, 1.82) is 0 Å². The van der Waals surface area contributed by atoms with Crippen LogP contribution in [0.2, 0.25) is 0 Å². The quantitative estimate of drug-likeness (QED) is 0.806. The smallest absolute Gasteiger partial charge is 0.232 e. The Morgan fingerprint density at radius 2 is 2.17 bits per heavy atom. The van der Waals surface area contributed by atoms with Crippen molar-refractivity contribution in [3.63, 3.8) is 0 Å². The minimum atomic E-state index is 0.463. The highest BCUT2D eigenvalue weighted by atomic mass is 16.5. The van der Waals surface area contributed by atoms with Gasteiger partial charge in [0.25, 0.3) is 0 Å². The third-order valence-electron chi connectivity index (χ3n) is 3.37. The molecule has 0 amide bonds. The van der Waals surface area contributed by atoms with Crippen LogP contribution in [-0.2, 0) is 6.54 Å². The van der Waals surface area contributed by atoms with Gasteiger partial charge in [-0.3, -0.25) is 4.98 Å². The van der Waals surface area contributed by atoms with E-state index in [9.17, 15) is 0 Å². The summed E-state index contributed by atoms with van der Waals surface area (Å²) in [6.45, 7) is 5.76. The second-order valence-electron chi connectivity index (χ2n) is 5.32. The Bertz CT molecular complexity index is 347. The van der Waals surface area contributed by atoms with Crippen LogP contribution < -0.4 is 10.1 Å². The van der Waals surface area contributed by atoms with Gasteiger partial charge in [-0.15, -0.1) is 0 Å². The SMILES string of the molecule is CC(C)NCc1cnc(OCCC2CCC2)cn1. The van der Waals surface area contributed by atoms with Gasteiger partial charge in [-0.05, 0) is 12.3 Å². The molecule has 0 aromatic carbocycles. The van der Waals surface area contributed by atoms with Crippen molar-refractivity contribution in [3.05, 3.63) is 18.1 Å². The average molecular weight is 249 g/mol. The first-order chi connectivity index (χ1) is 8.74. The van der Waals surface area contributed by atoms with Crippen LogP contribution in [0.25, 0.3) is 0 Å². The number of aromatic nitrogens is 2. The van der Waals surface area contributed by atoms with E-state index < -0.39 is 0 Å². The van der Waals surface area contributed by atoms with E-state index in [2.05, 4.69) is 29.1 Å². The third kappa shape index (κ3) is 4.26. The molecule has 1 saturated carbocycles. The first-order valence-electron chi connectivity index (χ1n) is 6.91. The number of nitrogens with one attached hydrogen (secondary N) is 1. The minimum absolute atomic E-state index is 0.463. The summed E-state index contributed by atoms with van der Waals surface area (Å²) in [5, 5.41) is 3.31. The maximum atomic E-state index is 5.60. The van der Waals surface area contributed by atoms with E-state index in [1.54, 1.807) is 12.4 Å². The van der Waals surface area contributed by atoms with Crippen LogP contribution in [0, 0.1) is 5.92 Å². The minimum Gasteiger partial charge on any atom is -0.477 e. The zero-order valence-corrected chi connectivity index (χ0v) is 11.4. The molecule has 0 aliphatic heterocycles. The molecule has 1 heterocycles. The lowest BCUT2D eigenvalue weighted by Crippen LogP contribution is -2.22. The molecule has 1 N–H and O–H groups in total. The molecule has 1 fully saturated rings. The molecule has 0 radical (unpaired) electrons. The normalized spacial score (nSPS) is 15.7. The molecule has 1 aliphatic carbocycles. The van der Waals surface area contributed by atoms with Crippen molar-refractivity contribution < 1.29 is 4.74 Å². The molecule has 100 valence electrons. The summed E-state index contributed by atoms with van der Waals surface area (Å²) < 4.78 is 5.60. The summed E-state index contributed by atoms with van der Waals surface area (Å²) in [5.41, 5.74) is 0.954. The fourth-order valence-electron chi connectivity index (χ4n) is 1.93. The van der Waals surface area contributed by atoms with Crippen molar-refractivity contribution >= 4 is 0 Å². The largest absolute Gasteiger partial charge is 0.477 e. The molecular weight excluding hydrogens is 226 g/mol. The van der Waals surface area contributed by atoms with Crippen LogP contribution in [0.3, 0.4) is 0 Å². The zero-order valence-electron chi connectivity index (χ0n) is 11.4. The molecule has 1 aromatic heterocycles. The molecule has 1 aliphatic rings. The first-order valence-corrected chi connectivity index (χ1v) is 6.91. The van der Waals surface area contributed by atoms with Crippen LogP contribution in [0.15, 0.2) is 12.4 Å². The van der Waals surface area contributed by atoms with E-state index in [1.807, 2.05) is 0 Å². The number of nitrogens with zero attached hydrogens (tertiary/aromatic N) is 2. The summed E-state index contributed by atoms with van der Waals surface area (Å²) in [6.07, 6.45) is 8.79. The first kappa shape index (κ1) is 13.3. The Labute approximate surface area is 109 Å². The van der Waals surface area contributed by atoms with Gasteiger partial charge in [-0.25, -0.2) is 4.98 Å². The lowest BCUT2D eigenvalue weighted by Gasteiger charge is -2.24. The van der Waals surface area contributed by atoms with E-state index in [0.717, 1.165) is 31.2 Å². The van der Waals surface area contributed by atoms with Gasteiger partial charge < -0.3 is 10.1 Å². The summed E-state index contributed by atoms with van der Waals surface area (Å²) >= 11 is 0. The fraction of sp³-hybridized carbons (Fsp3) is 0.714. The molecule has 0 spiro atoms. The van der Waals surface area contributed by atoms with Gasteiger partial charge in [-0.1, -0.05) is 33.1 Å². The number of ether oxygens (including phenoxy) is 1. The Hall–Kier alpha value is -1.16. The molecular formula is C14H23N3O. The van der Waals surface area contributed by atoms with Gasteiger partial charge in [0, 0.05) is 12.6 Å². The van der Waals surface area contributed by atoms with Gasteiger partial charge in [0.15, 0.2) is 0 Å². The Morgan fingerprint density at radius 1 is 1.33 bits per heavy atom. The predicted molar refractivity (Wildman–Crippen MR) is 71.5 cm³/mol. The van der Waals surface area contributed by atoms with Gasteiger partial charge >= 0.3 is 0 Å². The molecule has 2 rings (SSSR count). The second kappa shape index (κ2) is 6.69. The zero-order chi connectivity index (χ0) is 12.8. The van der Waals surface area contributed by atoms with Crippen LogP contribution in [0.1, 0.15) is 45.2 Å².